The monoisotopic (exact) mass is 250 g/mol. The summed E-state index contributed by atoms with van der Waals surface area (Å²) in [5.41, 5.74) is -2.26. The standard InChI is InChI=1S/C13H14O5/c1-4-17-11(16)9-5-6-10(15)13(7-9)12(3,18-13)8(2)14/h5-7H,4H2,1-3H3/t12-,13?/m0/s1. The van der Waals surface area contributed by atoms with Gasteiger partial charge in [0.2, 0.25) is 0 Å². The minimum Gasteiger partial charge on any atom is -0.462 e. The van der Waals surface area contributed by atoms with Gasteiger partial charge < -0.3 is 9.47 Å². The molecule has 5 nitrogen and oxygen atoms in total. The lowest BCUT2D eigenvalue weighted by molar-refractivity contribution is -0.138. The van der Waals surface area contributed by atoms with Gasteiger partial charge in [-0.25, -0.2) is 4.79 Å². The van der Waals surface area contributed by atoms with Crippen LogP contribution in [0.15, 0.2) is 23.8 Å². The Morgan fingerprint density at radius 2 is 2.06 bits per heavy atom. The van der Waals surface area contributed by atoms with Gasteiger partial charge >= 0.3 is 5.97 Å². The molecule has 0 aromatic carbocycles. The molecule has 1 saturated heterocycles. The molecule has 0 saturated carbocycles. The third kappa shape index (κ3) is 1.54. The van der Waals surface area contributed by atoms with E-state index in [0.717, 1.165) is 0 Å². The van der Waals surface area contributed by atoms with E-state index in [1.165, 1.54) is 25.2 Å². The van der Waals surface area contributed by atoms with E-state index in [-0.39, 0.29) is 23.7 Å². The Morgan fingerprint density at radius 3 is 2.56 bits per heavy atom. The molecule has 0 amide bonds. The number of ether oxygens (including phenoxy) is 2. The number of Topliss-reactive ketones (excluding diaryl/α,β-unsaturated/α-hetero) is 1. The molecule has 5 heteroatoms. The van der Waals surface area contributed by atoms with Gasteiger partial charge in [0.25, 0.3) is 0 Å². The highest BCUT2D eigenvalue weighted by Gasteiger charge is 2.73. The Balaban J connectivity index is 2.34. The summed E-state index contributed by atoms with van der Waals surface area (Å²) in [5.74, 6) is -1.10. The Labute approximate surface area is 104 Å². The van der Waals surface area contributed by atoms with Crippen molar-refractivity contribution in [2.75, 3.05) is 6.61 Å². The Hall–Kier alpha value is -1.75. The van der Waals surface area contributed by atoms with E-state index in [0.29, 0.717) is 0 Å². The van der Waals surface area contributed by atoms with Crippen molar-refractivity contribution in [1.29, 1.82) is 0 Å². The van der Waals surface area contributed by atoms with E-state index < -0.39 is 17.2 Å². The fourth-order valence-electron chi connectivity index (χ4n) is 2.05. The molecule has 2 aliphatic rings. The van der Waals surface area contributed by atoms with Crippen molar-refractivity contribution in [3.05, 3.63) is 23.8 Å². The largest absolute Gasteiger partial charge is 0.462 e. The normalized spacial score (nSPS) is 33.3. The number of hydrogen-bond acceptors (Lipinski definition) is 5. The van der Waals surface area contributed by atoms with Gasteiger partial charge in [0.15, 0.2) is 22.8 Å². The molecule has 1 aliphatic heterocycles. The van der Waals surface area contributed by atoms with Crippen molar-refractivity contribution in [2.45, 2.75) is 32.0 Å². The first-order valence-corrected chi connectivity index (χ1v) is 5.71. The number of esters is 1. The van der Waals surface area contributed by atoms with E-state index in [4.69, 9.17) is 9.47 Å². The maximum absolute atomic E-state index is 11.9. The second-order valence-corrected chi connectivity index (χ2v) is 4.44. The third-order valence-electron chi connectivity index (χ3n) is 3.35. The van der Waals surface area contributed by atoms with E-state index in [2.05, 4.69) is 0 Å². The van der Waals surface area contributed by atoms with Crippen molar-refractivity contribution in [2.24, 2.45) is 0 Å². The summed E-state index contributed by atoms with van der Waals surface area (Å²) in [6, 6.07) is 0. The molecular weight excluding hydrogens is 236 g/mol. The van der Waals surface area contributed by atoms with E-state index >= 15 is 0 Å². The summed E-state index contributed by atoms with van der Waals surface area (Å²) < 4.78 is 10.2. The van der Waals surface area contributed by atoms with Gasteiger partial charge in [-0.15, -0.1) is 0 Å². The molecule has 1 aliphatic carbocycles. The molecule has 0 bridgehead atoms. The zero-order valence-electron chi connectivity index (χ0n) is 10.5. The quantitative estimate of drug-likeness (QED) is 0.545. The van der Waals surface area contributed by atoms with E-state index in [9.17, 15) is 14.4 Å². The van der Waals surface area contributed by atoms with Crippen LogP contribution in [0.2, 0.25) is 0 Å². The lowest BCUT2D eigenvalue weighted by Gasteiger charge is -2.13. The van der Waals surface area contributed by atoms with Crippen LogP contribution < -0.4 is 0 Å². The van der Waals surface area contributed by atoms with Crippen LogP contribution in [-0.2, 0) is 23.9 Å². The number of hydrogen-bond donors (Lipinski definition) is 0. The van der Waals surface area contributed by atoms with Gasteiger partial charge in [-0.3, -0.25) is 9.59 Å². The van der Waals surface area contributed by atoms with Crippen molar-refractivity contribution >= 4 is 17.5 Å². The van der Waals surface area contributed by atoms with Gasteiger partial charge in [-0.1, -0.05) is 0 Å². The molecule has 1 fully saturated rings. The lowest BCUT2D eigenvalue weighted by Crippen LogP contribution is -2.36. The van der Waals surface area contributed by atoms with Gasteiger partial charge in [0.1, 0.15) is 0 Å². The molecule has 1 unspecified atom stereocenters. The SMILES string of the molecule is CCOC(=O)C1=CC2(O[C@@]2(C)C(C)=O)C(=O)C=C1. The molecule has 1 spiro atoms. The van der Waals surface area contributed by atoms with Gasteiger partial charge in [-0.05, 0) is 39.0 Å². The summed E-state index contributed by atoms with van der Waals surface area (Å²) >= 11 is 0. The molecule has 0 aromatic heterocycles. The first-order valence-electron chi connectivity index (χ1n) is 5.71. The minimum atomic E-state index is -1.32. The number of carbonyl (C=O) groups excluding carboxylic acids is 3. The van der Waals surface area contributed by atoms with Crippen LogP contribution in [0.5, 0.6) is 0 Å². The highest BCUT2D eigenvalue weighted by molar-refractivity contribution is 6.13. The highest BCUT2D eigenvalue weighted by Crippen LogP contribution is 2.52. The topological polar surface area (TPSA) is 73.0 Å². The number of rotatable bonds is 3. The molecule has 18 heavy (non-hydrogen) atoms. The van der Waals surface area contributed by atoms with Crippen LogP contribution in [0, 0.1) is 0 Å². The maximum atomic E-state index is 11.9. The van der Waals surface area contributed by atoms with Crippen LogP contribution in [-0.4, -0.2) is 35.3 Å². The van der Waals surface area contributed by atoms with Crippen LogP contribution in [0.1, 0.15) is 20.8 Å². The average molecular weight is 250 g/mol. The Morgan fingerprint density at radius 1 is 1.39 bits per heavy atom. The first kappa shape index (κ1) is 12.7. The molecule has 1 heterocycles. The Kier molecular flexibility index (Phi) is 2.74. The fourth-order valence-corrected chi connectivity index (χ4v) is 2.05. The van der Waals surface area contributed by atoms with Crippen LogP contribution in [0.4, 0.5) is 0 Å². The van der Waals surface area contributed by atoms with Crippen molar-refractivity contribution in [1.82, 2.24) is 0 Å². The second kappa shape index (κ2) is 3.88. The fraction of sp³-hybridized carbons (Fsp3) is 0.462. The molecule has 2 atom stereocenters. The minimum absolute atomic E-state index is 0.237. The highest BCUT2D eigenvalue weighted by atomic mass is 16.6. The predicted molar refractivity (Wildman–Crippen MR) is 61.8 cm³/mol. The van der Waals surface area contributed by atoms with Gasteiger partial charge in [0.05, 0.1) is 12.2 Å². The van der Waals surface area contributed by atoms with E-state index in [1.807, 2.05) is 0 Å². The number of epoxide rings is 1. The average Bonchev–Trinajstić information content (AvgIpc) is 2.91. The molecule has 0 N–H and O–H groups in total. The smallest absolute Gasteiger partial charge is 0.337 e. The molecule has 96 valence electrons. The predicted octanol–water partition coefficient (Wildman–Crippen LogP) is 0.731. The third-order valence-corrected chi connectivity index (χ3v) is 3.35. The van der Waals surface area contributed by atoms with Crippen molar-refractivity contribution in [3.63, 3.8) is 0 Å². The molecule has 2 rings (SSSR count). The summed E-state index contributed by atoms with van der Waals surface area (Å²) in [7, 11) is 0. The van der Waals surface area contributed by atoms with Crippen molar-refractivity contribution in [3.8, 4) is 0 Å². The Bertz CT molecular complexity index is 502. The summed E-state index contributed by atoms with van der Waals surface area (Å²) in [6.45, 7) is 4.85. The van der Waals surface area contributed by atoms with Crippen LogP contribution in [0.25, 0.3) is 0 Å². The first-order chi connectivity index (χ1) is 8.37. The second-order valence-electron chi connectivity index (χ2n) is 4.44. The molecular formula is C13H14O5. The summed E-state index contributed by atoms with van der Waals surface area (Å²) in [4.78, 5) is 35.0. The maximum Gasteiger partial charge on any atom is 0.337 e. The zero-order chi connectivity index (χ0) is 13.6. The molecule has 0 aromatic rings. The number of carbonyl (C=O) groups is 3. The number of ketones is 2. The van der Waals surface area contributed by atoms with Gasteiger partial charge in [-0.2, -0.15) is 0 Å². The lowest BCUT2D eigenvalue weighted by atomic mass is 9.83. The van der Waals surface area contributed by atoms with E-state index in [1.54, 1.807) is 13.8 Å². The zero-order valence-corrected chi connectivity index (χ0v) is 10.5. The van der Waals surface area contributed by atoms with Crippen molar-refractivity contribution < 1.29 is 23.9 Å². The summed E-state index contributed by atoms with van der Waals surface area (Å²) in [6.07, 6.45) is 4.02. The molecule has 0 radical (unpaired) electrons. The van der Waals surface area contributed by atoms with Crippen LogP contribution in [0.3, 0.4) is 0 Å². The van der Waals surface area contributed by atoms with Crippen LogP contribution >= 0.6 is 0 Å². The summed E-state index contributed by atoms with van der Waals surface area (Å²) in [5, 5.41) is 0. The van der Waals surface area contributed by atoms with Gasteiger partial charge in [0, 0.05) is 0 Å².